The van der Waals surface area contributed by atoms with Crippen molar-refractivity contribution in [3.63, 3.8) is 0 Å². The van der Waals surface area contributed by atoms with Crippen LogP contribution < -0.4 is 0 Å². The van der Waals surface area contributed by atoms with E-state index in [1.165, 1.54) is 12.8 Å². The van der Waals surface area contributed by atoms with Gasteiger partial charge >= 0.3 is 0 Å². The van der Waals surface area contributed by atoms with E-state index in [4.69, 9.17) is 16.2 Å². The van der Waals surface area contributed by atoms with Gasteiger partial charge in [0.1, 0.15) is 0 Å². The fourth-order valence-corrected chi connectivity index (χ4v) is 1.76. The minimum absolute atomic E-state index is 0.208. The highest BCUT2D eigenvalue weighted by Gasteiger charge is 2.04. The molecule has 102 valence electrons. The third-order valence-electron chi connectivity index (χ3n) is 2.77. The molecule has 0 fully saturated rings. The molecular formula is C11H22N6O. The molecule has 0 rings (SSSR count). The maximum atomic E-state index is 8.62. The Bertz CT molecular complexity index is 283. The predicted molar refractivity (Wildman–Crippen MR) is 71.0 cm³/mol. The van der Waals surface area contributed by atoms with Crippen molar-refractivity contribution in [2.75, 3.05) is 13.2 Å². The fraction of sp³-hybridized carbons (Fsp3) is 1.00. The standard InChI is InChI=1S/C11H22N6O/c12-16-14-10-11(15-17-13)8-6-4-2-1-3-5-7-9-18/h11,18H,1-10H2. The molecule has 0 aliphatic heterocycles. The third-order valence-corrected chi connectivity index (χ3v) is 2.77. The largest absolute Gasteiger partial charge is 0.396 e. The molecule has 1 unspecified atom stereocenters. The zero-order chi connectivity index (χ0) is 13.5. The summed E-state index contributed by atoms with van der Waals surface area (Å²) in [6, 6.07) is -0.208. The maximum absolute atomic E-state index is 8.62. The summed E-state index contributed by atoms with van der Waals surface area (Å²) in [5.74, 6) is 0. The molecule has 0 bridgehead atoms. The van der Waals surface area contributed by atoms with Gasteiger partial charge in [-0.1, -0.05) is 48.8 Å². The van der Waals surface area contributed by atoms with Crippen LogP contribution in [0.4, 0.5) is 0 Å². The zero-order valence-corrected chi connectivity index (χ0v) is 10.8. The molecule has 7 heteroatoms. The molecule has 0 aliphatic carbocycles. The molecule has 0 heterocycles. The SMILES string of the molecule is [N-]=[N+]=NCC(CCCCCCCCCO)N=[N+]=[N-]. The molecule has 0 saturated carbocycles. The maximum Gasteiger partial charge on any atom is 0.0431 e. The summed E-state index contributed by atoms with van der Waals surface area (Å²) in [6.07, 6.45) is 8.37. The van der Waals surface area contributed by atoms with E-state index in [0.29, 0.717) is 0 Å². The predicted octanol–water partition coefficient (Wildman–Crippen LogP) is 4.09. The van der Waals surface area contributed by atoms with Crippen LogP contribution in [0.15, 0.2) is 10.2 Å². The van der Waals surface area contributed by atoms with Crippen LogP contribution in [0.3, 0.4) is 0 Å². The topological polar surface area (TPSA) is 118 Å². The molecule has 0 aromatic carbocycles. The molecule has 1 N–H and O–H groups in total. The number of unbranched alkanes of at least 4 members (excludes halogenated alkanes) is 6. The fourth-order valence-electron chi connectivity index (χ4n) is 1.76. The Morgan fingerprint density at radius 2 is 1.50 bits per heavy atom. The first-order valence-corrected chi connectivity index (χ1v) is 6.51. The number of aliphatic hydroxyl groups is 1. The molecule has 0 aromatic heterocycles. The van der Waals surface area contributed by atoms with Crippen molar-refractivity contribution in [3.8, 4) is 0 Å². The highest BCUT2D eigenvalue weighted by Crippen LogP contribution is 2.11. The normalized spacial score (nSPS) is 11.4. The minimum Gasteiger partial charge on any atom is -0.396 e. The van der Waals surface area contributed by atoms with Crippen molar-refractivity contribution in [3.05, 3.63) is 20.9 Å². The van der Waals surface area contributed by atoms with Crippen LogP contribution in [0.1, 0.15) is 51.4 Å². The van der Waals surface area contributed by atoms with E-state index >= 15 is 0 Å². The van der Waals surface area contributed by atoms with Gasteiger partial charge < -0.3 is 5.11 Å². The van der Waals surface area contributed by atoms with Crippen molar-refractivity contribution in [1.29, 1.82) is 0 Å². The molecule has 0 aromatic rings. The Labute approximate surface area is 107 Å². The van der Waals surface area contributed by atoms with E-state index in [1.54, 1.807) is 0 Å². The van der Waals surface area contributed by atoms with Gasteiger partial charge in [0.05, 0.1) is 0 Å². The van der Waals surface area contributed by atoms with Crippen LogP contribution in [0.2, 0.25) is 0 Å². The molecular weight excluding hydrogens is 232 g/mol. The summed E-state index contributed by atoms with van der Waals surface area (Å²) >= 11 is 0. The highest BCUT2D eigenvalue weighted by atomic mass is 16.2. The second-order valence-electron chi connectivity index (χ2n) is 4.26. The van der Waals surface area contributed by atoms with Crippen molar-refractivity contribution in [1.82, 2.24) is 0 Å². The lowest BCUT2D eigenvalue weighted by Crippen LogP contribution is -2.07. The van der Waals surface area contributed by atoms with Gasteiger partial charge in [0, 0.05) is 29.0 Å². The molecule has 0 radical (unpaired) electrons. The summed E-state index contributed by atoms with van der Waals surface area (Å²) in [5.41, 5.74) is 16.6. The lowest BCUT2D eigenvalue weighted by atomic mass is 10.1. The number of hydrogen-bond acceptors (Lipinski definition) is 3. The van der Waals surface area contributed by atoms with E-state index < -0.39 is 0 Å². The molecule has 0 spiro atoms. The van der Waals surface area contributed by atoms with E-state index in [0.717, 1.165) is 38.5 Å². The quantitative estimate of drug-likeness (QED) is 0.240. The van der Waals surface area contributed by atoms with Crippen molar-refractivity contribution in [2.45, 2.75) is 57.4 Å². The second kappa shape index (κ2) is 13.6. The number of nitrogens with zero attached hydrogens (tertiary/aromatic N) is 6. The van der Waals surface area contributed by atoms with Crippen molar-refractivity contribution in [2.24, 2.45) is 10.2 Å². The summed E-state index contributed by atoms with van der Waals surface area (Å²) in [7, 11) is 0. The van der Waals surface area contributed by atoms with Crippen LogP contribution in [0, 0.1) is 0 Å². The average molecular weight is 254 g/mol. The van der Waals surface area contributed by atoms with Crippen molar-refractivity contribution < 1.29 is 5.11 Å². The zero-order valence-electron chi connectivity index (χ0n) is 10.8. The lowest BCUT2D eigenvalue weighted by Gasteiger charge is -2.07. The summed E-state index contributed by atoms with van der Waals surface area (Å²) in [6.45, 7) is 0.532. The van der Waals surface area contributed by atoms with Gasteiger partial charge in [-0.05, 0) is 23.9 Å². The van der Waals surface area contributed by atoms with E-state index in [2.05, 4.69) is 20.1 Å². The molecule has 18 heavy (non-hydrogen) atoms. The van der Waals surface area contributed by atoms with Gasteiger partial charge in [-0.15, -0.1) is 0 Å². The van der Waals surface area contributed by atoms with Crippen LogP contribution in [0.25, 0.3) is 20.9 Å². The first-order valence-electron chi connectivity index (χ1n) is 6.51. The van der Waals surface area contributed by atoms with Crippen LogP contribution in [0.5, 0.6) is 0 Å². The Hall–Kier alpha value is -1.42. The third kappa shape index (κ3) is 11.1. The first-order chi connectivity index (χ1) is 8.85. The Morgan fingerprint density at radius 3 is 2.06 bits per heavy atom. The van der Waals surface area contributed by atoms with Gasteiger partial charge in [-0.3, -0.25) is 0 Å². The monoisotopic (exact) mass is 254 g/mol. The Kier molecular flexibility index (Phi) is 12.6. The van der Waals surface area contributed by atoms with E-state index in [-0.39, 0.29) is 19.2 Å². The molecule has 0 saturated heterocycles. The summed E-state index contributed by atoms with van der Waals surface area (Å²) < 4.78 is 0. The van der Waals surface area contributed by atoms with Gasteiger partial charge in [0.15, 0.2) is 0 Å². The summed E-state index contributed by atoms with van der Waals surface area (Å²) in [4.78, 5) is 5.42. The minimum atomic E-state index is -0.208. The van der Waals surface area contributed by atoms with Crippen molar-refractivity contribution >= 4 is 0 Å². The van der Waals surface area contributed by atoms with Crippen LogP contribution >= 0.6 is 0 Å². The first kappa shape index (κ1) is 16.6. The van der Waals surface area contributed by atoms with E-state index in [1.807, 2.05) is 0 Å². The van der Waals surface area contributed by atoms with Gasteiger partial charge in [-0.25, -0.2) is 0 Å². The van der Waals surface area contributed by atoms with E-state index in [9.17, 15) is 0 Å². The number of aliphatic hydroxyl groups excluding tert-OH is 1. The van der Waals surface area contributed by atoms with Gasteiger partial charge in [-0.2, -0.15) is 0 Å². The second-order valence-corrected chi connectivity index (χ2v) is 4.26. The smallest absolute Gasteiger partial charge is 0.0431 e. The summed E-state index contributed by atoms with van der Waals surface area (Å²) in [5, 5.41) is 15.7. The van der Waals surface area contributed by atoms with Gasteiger partial charge in [0.25, 0.3) is 0 Å². The molecule has 0 aliphatic rings. The van der Waals surface area contributed by atoms with Crippen LogP contribution in [-0.2, 0) is 0 Å². The lowest BCUT2D eigenvalue weighted by molar-refractivity contribution is 0.282. The Balaban J connectivity index is 3.48. The van der Waals surface area contributed by atoms with Crippen LogP contribution in [-0.4, -0.2) is 24.3 Å². The Morgan fingerprint density at radius 1 is 0.889 bits per heavy atom. The average Bonchev–Trinajstić information content (AvgIpc) is 2.39. The van der Waals surface area contributed by atoms with Gasteiger partial charge in [0.2, 0.25) is 0 Å². The highest BCUT2D eigenvalue weighted by molar-refractivity contribution is 4.70. The molecule has 7 nitrogen and oxygen atoms in total. The number of azide groups is 2. The number of hydrogen-bond donors (Lipinski definition) is 1. The number of rotatable bonds is 12. The molecule has 0 amide bonds. The molecule has 1 atom stereocenters.